The molecule has 5 heteroatoms. The summed E-state index contributed by atoms with van der Waals surface area (Å²) in [5.74, 6) is -2.30. The van der Waals surface area contributed by atoms with Crippen molar-refractivity contribution < 1.29 is 14.0 Å². The van der Waals surface area contributed by atoms with Gasteiger partial charge in [-0.2, -0.15) is 0 Å². The third-order valence-electron chi connectivity index (χ3n) is 3.57. The molecule has 0 heterocycles. The maximum absolute atomic E-state index is 13.5. The fourth-order valence-electron chi connectivity index (χ4n) is 2.32. The summed E-state index contributed by atoms with van der Waals surface area (Å²) in [6, 6.07) is 11.4. The van der Waals surface area contributed by atoms with Crippen molar-refractivity contribution in [2.45, 2.75) is 26.7 Å². The van der Waals surface area contributed by atoms with Crippen molar-refractivity contribution in [3.05, 3.63) is 59.4 Å². The lowest BCUT2D eigenvalue weighted by atomic mass is 10.0. The molecule has 0 aliphatic rings. The second kappa shape index (κ2) is 7.54. The molecule has 0 saturated carbocycles. The van der Waals surface area contributed by atoms with E-state index in [0.29, 0.717) is 5.69 Å². The van der Waals surface area contributed by atoms with Gasteiger partial charge in [-0.25, -0.2) is 4.39 Å². The van der Waals surface area contributed by atoms with Gasteiger partial charge in [-0.05, 0) is 36.1 Å². The fraction of sp³-hybridized carbons (Fsp3) is 0.222. The minimum Gasteiger partial charge on any atom is -0.317 e. The van der Waals surface area contributed by atoms with E-state index in [4.69, 9.17) is 0 Å². The molecule has 0 aliphatic carbocycles. The normalized spacial score (nSPS) is 10.2. The summed E-state index contributed by atoms with van der Waals surface area (Å²) < 4.78 is 13.5. The van der Waals surface area contributed by atoms with Gasteiger partial charge in [-0.1, -0.05) is 44.2 Å². The molecule has 0 fully saturated rings. The molecule has 0 aromatic heterocycles. The first-order chi connectivity index (χ1) is 11.1. The highest BCUT2D eigenvalue weighted by atomic mass is 19.1. The third kappa shape index (κ3) is 3.94. The Hall–Kier alpha value is -2.69. The molecule has 2 N–H and O–H groups in total. The second-order valence-electron chi connectivity index (χ2n) is 5.05. The van der Waals surface area contributed by atoms with Crippen LogP contribution in [0.15, 0.2) is 42.5 Å². The van der Waals surface area contributed by atoms with Crippen molar-refractivity contribution in [2.75, 3.05) is 10.6 Å². The number of carbonyl (C=O) groups excluding carboxylic acids is 2. The van der Waals surface area contributed by atoms with Crippen LogP contribution < -0.4 is 10.6 Å². The zero-order chi connectivity index (χ0) is 16.8. The van der Waals surface area contributed by atoms with Crippen molar-refractivity contribution in [2.24, 2.45) is 0 Å². The van der Waals surface area contributed by atoms with Gasteiger partial charge in [0.15, 0.2) is 0 Å². The maximum atomic E-state index is 13.5. The molecule has 120 valence electrons. The van der Waals surface area contributed by atoms with Gasteiger partial charge in [0.25, 0.3) is 0 Å². The predicted molar refractivity (Wildman–Crippen MR) is 88.9 cm³/mol. The molecule has 23 heavy (non-hydrogen) atoms. The van der Waals surface area contributed by atoms with Gasteiger partial charge in [0.1, 0.15) is 5.82 Å². The molecule has 0 aliphatic heterocycles. The molecular formula is C18H19FN2O2. The highest BCUT2D eigenvalue weighted by Crippen LogP contribution is 2.22. The Labute approximate surface area is 134 Å². The molecule has 2 aromatic carbocycles. The zero-order valence-electron chi connectivity index (χ0n) is 13.2. The summed E-state index contributed by atoms with van der Waals surface area (Å²) in [6.45, 7) is 3.95. The zero-order valence-corrected chi connectivity index (χ0v) is 13.2. The molecule has 0 spiro atoms. The number of nitrogens with one attached hydrogen (secondary N) is 2. The lowest BCUT2D eigenvalue weighted by Crippen LogP contribution is -2.30. The van der Waals surface area contributed by atoms with Crippen molar-refractivity contribution >= 4 is 23.2 Å². The van der Waals surface area contributed by atoms with Gasteiger partial charge < -0.3 is 10.6 Å². The Bertz CT molecular complexity index is 706. The summed E-state index contributed by atoms with van der Waals surface area (Å²) in [6.07, 6.45) is 1.47. The number of rotatable bonds is 4. The van der Waals surface area contributed by atoms with Crippen molar-refractivity contribution in [1.29, 1.82) is 0 Å². The van der Waals surface area contributed by atoms with Gasteiger partial charge in [0, 0.05) is 5.69 Å². The average molecular weight is 314 g/mol. The first kappa shape index (κ1) is 16.7. The minimum atomic E-state index is -0.900. The van der Waals surface area contributed by atoms with Crippen LogP contribution in [-0.4, -0.2) is 11.8 Å². The number of carbonyl (C=O) groups is 2. The number of hydrogen-bond donors (Lipinski definition) is 2. The number of amides is 2. The number of anilines is 2. The highest BCUT2D eigenvalue weighted by Gasteiger charge is 2.18. The number of benzene rings is 2. The Morgan fingerprint density at radius 2 is 1.43 bits per heavy atom. The molecule has 0 atom stereocenters. The number of aryl methyl sites for hydroxylation is 2. The van der Waals surface area contributed by atoms with Crippen LogP contribution in [0.25, 0.3) is 0 Å². The van der Waals surface area contributed by atoms with E-state index in [1.54, 1.807) is 6.07 Å². The van der Waals surface area contributed by atoms with Crippen molar-refractivity contribution in [3.63, 3.8) is 0 Å². The van der Waals surface area contributed by atoms with Crippen LogP contribution in [0.1, 0.15) is 25.0 Å². The smallest absolute Gasteiger partial charge is 0.314 e. The van der Waals surface area contributed by atoms with E-state index in [9.17, 15) is 14.0 Å². The Morgan fingerprint density at radius 3 is 2.00 bits per heavy atom. The SMILES string of the molecule is CCc1cccc(CC)c1NC(=O)C(=O)Nc1ccccc1F. The summed E-state index contributed by atoms with van der Waals surface area (Å²) in [5.41, 5.74) is 2.55. The lowest BCUT2D eigenvalue weighted by Gasteiger charge is -2.14. The number of para-hydroxylation sites is 2. The molecule has 2 aromatic rings. The fourth-order valence-corrected chi connectivity index (χ4v) is 2.32. The van der Waals surface area contributed by atoms with Gasteiger partial charge in [-0.3, -0.25) is 9.59 Å². The molecule has 4 nitrogen and oxygen atoms in total. The molecule has 2 rings (SSSR count). The standard InChI is InChI=1S/C18H19FN2O2/c1-3-12-8-7-9-13(4-2)16(12)21-18(23)17(22)20-15-11-6-5-10-14(15)19/h5-11H,3-4H2,1-2H3,(H,20,22)(H,21,23). The molecule has 2 amide bonds. The molecular weight excluding hydrogens is 295 g/mol. The van der Waals surface area contributed by atoms with Gasteiger partial charge >= 0.3 is 11.8 Å². The van der Waals surface area contributed by atoms with Crippen molar-refractivity contribution in [3.8, 4) is 0 Å². The van der Waals surface area contributed by atoms with Crippen LogP contribution >= 0.6 is 0 Å². The van der Waals surface area contributed by atoms with E-state index in [1.165, 1.54) is 18.2 Å². The summed E-state index contributed by atoms with van der Waals surface area (Å²) in [4.78, 5) is 24.1. The van der Waals surface area contributed by atoms with Gasteiger partial charge in [0.2, 0.25) is 0 Å². The minimum absolute atomic E-state index is 0.0212. The number of halogens is 1. The van der Waals surface area contributed by atoms with E-state index in [0.717, 1.165) is 24.0 Å². The van der Waals surface area contributed by atoms with Crippen LogP contribution in [0.4, 0.5) is 15.8 Å². The van der Waals surface area contributed by atoms with Crippen LogP contribution in [-0.2, 0) is 22.4 Å². The van der Waals surface area contributed by atoms with Crippen molar-refractivity contribution in [1.82, 2.24) is 0 Å². The quantitative estimate of drug-likeness (QED) is 0.848. The predicted octanol–water partition coefficient (Wildman–Crippen LogP) is 3.53. The number of hydrogen-bond acceptors (Lipinski definition) is 2. The van der Waals surface area contributed by atoms with Gasteiger partial charge in [0.05, 0.1) is 5.69 Å². The molecule has 0 unspecified atom stereocenters. The van der Waals surface area contributed by atoms with Crippen LogP contribution in [0.3, 0.4) is 0 Å². The van der Waals surface area contributed by atoms with Crippen LogP contribution in [0, 0.1) is 5.82 Å². The topological polar surface area (TPSA) is 58.2 Å². The lowest BCUT2D eigenvalue weighted by molar-refractivity contribution is -0.133. The third-order valence-corrected chi connectivity index (χ3v) is 3.57. The average Bonchev–Trinajstić information content (AvgIpc) is 2.56. The van der Waals surface area contributed by atoms with Gasteiger partial charge in [-0.15, -0.1) is 0 Å². The van der Waals surface area contributed by atoms with E-state index >= 15 is 0 Å². The summed E-state index contributed by atoms with van der Waals surface area (Å²) >= 11 is 0. The maximum Gasteiger partial charge on any atom is 0.314 e. The summed E-state index contributed by atoms with van der Waals surface area (Å²) in [7, 11) is 0. The highest BCUT2D eigenvalue weighted by molar-refractivity contribution is 6.43. The Morgan fingerprint density at radius 1 is 0.870 bits per heavy atom. The molecule has 0 saturated heterocycles. The van der Waals surface area contributed by atoms with E-state index in [-0.39, 0.29) is 5.69 Å². The van der Waals surface area contributed by atoms with E-state index < -0.39 is 17.6 Å². The van der Waals surface area contributed by atoms with E-state index in [2.05, 4.69) is 10.6 Å². The summed E-state index contributed by atoms with van der Waals surface area (Å²) in [5, 5.41) is 4.93. The Balaban J connectivity index is 2.16. The first-order valence-corrected chi connectivity index (χ1v) is 7.54. The monoisotopic (exact) mass is 314 g/mol. The Kier molecular flexibility index (Phi) is 5.46. The second-order valence-corrected chi connectivity index (χ2v) is 5.05. The first-order valence-electron chi connectivity index (χ1n) is 7.54. The van der Waals surface area contributed by atoms with E-state index in [1.807, 2.05) is 32.0 Å². The molecule has 0 bridgehead atoms. The van der Waals surface area contributed by atoms with Crippen LogP contribution in [0.5, 0.6) is 0 Å². The molecule has 0 radical (unpaired) electrons. The van der Waals surface area contributed by atoms with Crippen LogP contribution in [0.2, 0.25) is 0 Å². The largest absolute Gasteiger partial charge is 0.317 e.